The molecule has 8 heteroatoms. The minimum Gasteiger partial charge on any atom is -0.339 e. The molecule has 2 N–H and O–H groups in total. The number of hydrogen-bond acceptors (Lipinski definition) is 4. The zero-order valence-corrected chi connectivity index (χ0v) is 20.3. The maximum Gasteiger partial charge on any atom is 0.325 e. The summed E-state index contributed by atoms with van der Waals surface area (Å²) in [7, 11) is 0. The quantitative estimate of drug-likeness (QED) is 0.582. The Morgan fingerprint density at radius 2 is 1.59 bits per heavy atom. The van der Waals surface area contributed by atoms with Crippen LogP contribution in [0.2, 0.25) is 0 Å². The van der Waals surface area contributed by atoms with E-state index in [1.807, 2.05) is 38.1 Å². The number of anilines is 1. The fraction of sp³-hybridized carbons (Fsp3) is 0.385. The Balaban J connectivity index is 1.66. The summed E-state index contributed by atoms with van der Waals surface area (Å²) in [6.07, 6.45) is 0. The van der Waals surface area contributed by atoms with Crippen LogP contribution in [0.5, 0.6) is 0 Å². The van der Waals surface area contributed by atoms with Crippen molar-refractivity contribution in [3.8, 4) is 0 Å². The van der Waals surface area contributed by atoms with Crippen molar-refractivity contribution in [2.24, 2.45) is 0 Å². The summed E-state index contributed by atoms with van der Waals surface area (Å²) in [6, 6.07) is 13.5. The van der Waals surface area contributed by atoms with Gasteiger partial charge in [-0.05, 0) is 62.1 Å². The van der Waals surface area contributed by atoms with Crippen LogP contribution >= 0.6 is 0 Å². The molecule has 1 heterocycles. The van der Waals surface area contributed by atoms with Crippen LogP contribution in [0.25, 0.3) is 0 Å². The predicted molar refractivity (Wildman–Crippen MR) is 130 cm³/mol. The summed E-state index contributed by atoms with van der Waals surface area (Å²) in [4.78, 5) is 53.3. The predicted octanol–water partition coefficient (Wildman–Crippen LogP) is 3.70. The van der Waals surface area contributed by atoms with Gasteiger partial charge in [-0.2, -0.15) is 0 Å². The lowest BCUT2D eigenvalue weighted by Crippen LogP contribution is -2.42. The third-order valence-electron chi connectivity index (χ3n) is 6.20. The molecule has 0 aromatic heterocycles. The molecule has 1 unspecified atom stereocenters. The molecule has 2 aromatic carbocycles. The molecule has 0 radical (unpaired) electrons. The van der Waals surface area contributed by atoms with Crippen LogP contribution in [0.1, 0.15) is 62.0 Å². The number of carbonyl (C=O) groups excluding carboxylic acids is 4. The Morgan fingerprint density at radius 3 is 2.12 bits per heavy atom. The van der Waals surface area contributed by atoms with Crippen LogP contribution in [0.15, 0.2) is 48.5 Å². The minimum atomic E-state index is -1.24. The maximum absolute atomic E-state index is 13.1. The van der Waals surface area contributed by atoms with Crippen LogP contribution < -0.4 is 10.6 Å². The molecule has 5 amide bonds. The van der Waals surface area contributed by atoms with Crippen molar-refractivity contribution in [3.05, 3.63) is 65.2 Å². The minimum absolute atomic E-state index is 0.0806. The number of hydrogen-bond donors (Lipinski definition) is 2. The third-order valence-corrected chi connectivity index (χ3v) is 6.20. The standard InChI is InChI=1S/C26H32N4O4/c1-6-29(7-2)23(32)19-10-14-21(15-11-19)27-22(31)16-30-24(33)26(5,28-25(30)34)20-12-8-18(9-13-20)17(3)4/h8-15,17H,6-7,16H2,1-5H3,(H,27,31)(H,28,34). The summed E-state index contributed by atoms with van der Waals surface area (Å²) in [5.74, 6) is -0.723. The molecule has 34 heavy (non-hydrogen) atoms. The van der Waals surface area contributed by atoms with Crippen LogP contribution in [0.4, 0.5) is 10.5 Å². The highest BCUT2D eigenvalue weighted by molar-refractivity contribution is 6.10. The number of nitrogens with one attached hydrogen (secondary N) is 2. The third kappa shape index (κ3) is 4.95. The van der Waals surface area contributed by atoms with Gasteiger partial charge in [-0.3, -0.25) is 19.3 Å². The smallest absolute Gasteiger partial charge is 0.325 e. The van der Waals surface area contributed by atoms with E-state index in [0.717, 1.165) is 10.5 Å². The first kappa shape index (κ1) is 25.0. The van der Waals surface area contributed by atoms with Gasteiger partial charge in [-0.15, -0.1) is 0 Å². The van der Waals surface area contributed by atoms with E-state index in [9.17, 15) is 19.2 Å². The molecule has 8 nitrogen and oxygen atoms in total. The molecule has 1 saturated heterocycles. The van der Waals surface area contributed by atoms with Crippen molar-refractivity contribution in [1.82, 2.24) is 15.1 Å². The molecular formula is C26H32N4O4. The molecule has 1 fully saturated rings. The monoisotopic (exact) mass is 464 g/mol. The van der Waals surface area contributed by atoms with Gasteiger partial charge in [0.05, 0.1) is 0 Å². The first-order valence-corrected chi connectivity index (χ1v) is 11.5. The number of imide groups is 1. The normalized spacial score (nSPS) is 17.6. The number of carbonyl (C=O) groups is 4. The zero-order chi connectivity index (χ0) is 25.0. The van der Waals surface area contributed by atoms with E-state index in [0.29, 0.717) is 35.8 Å². The van der Waals surface area contributed by atoms with Gasteiger partial charge in [0.2, 0.25) is 5.91 Å². The van der Waals surface area contributed by atoms with E-state index in [2.05, 4.69) is 24.5 Å². The number of rotatable bonds is 8. The van der Waals surface area contributed by atoms with Gasteiger partial charge in [-0.1, -0.05) is 38.1 Å². The van der Waals surface area contributed by atoms with Crippen LogP contribution in [-0.4, -0.2) is 53.2 Å². The molecular weight excluding hydrogens is 432 g/mol. The summed E-state index contributed by atoms with van der Waals surface area (Å²) in [6.45, 7) is 10.4. The van der Waals surface area contributed by atoms with Gasteiger partial charge >= 0.3 is 6.03 Å². The molecule has 0 spiro atoms. The summed E-state index contributed by atoms with van der Waals surface area (Å²) < 4.78 is 0. The van der Waals surface area contributed by atoms with Gasteiger partial charge in [-0.25, -0.2) is 4.79 Å². The first-order valence-electron chi connectivity index (χ1n) is 11.5. The lowest BCUT2D eigenvalue weighted by atomic mass is 9.90. The molecule has 0 saturated carbocycles. The van der Waals surface area contributed by atoms with E-state index in [1.54, 1.807) is 36.1 Å². The largest absolute Gasteiger partial charge is 0.339 e. The molecule has 180 valence electrons. The van der Waals surface area contributed by atoms with Gasteiger partial charge in [0.15, 0.2) is 0 Å². The highest BCUT2D eigenvalue weighted by Gasteiger charge is 2.49. The fourth-order valence-electron chi connectivity index (χ4n) is 3.97. The second kappa shape index (κ2) is 10.1. The fourth-order valence-corrected chi connectivity index (χ4v) is 3.97. The van der Waals surface area contributed by atoms with E-state index in [1.165, 1.54) is 0 Å². The molecule has 1 atom stereocenters. The molecule has 0 aliphatic carbocycles. The van der Waals surface area contributed by atoms with Crippen molar-refractivity contribution in [2.45, 2.75) is 46.1 Å². The highest BCUT2D eigenvalue weighted by Crippen LogP contribution is 2.30. The first-order chi connectivity index (χ1) is 16.1. The van der Waals surface area contributed by atoms with Crippen molar-refractivity contribution in [1.29, 1.82) is 0 Å². The zero-order valence-electron chi connectivity index (χ0n) is 20.3. The Morgan fingerprint density at radius 1 is 1.00 bits per heavy atom. The van der Waals surface area contributed by atoms with Gasteiger partial charge < -0.3 is 15.5 Å². The average Bonchev–Trinajstić information content (AvgIpc) is 3.04. The molecule has 0 bridgehead atoms. The average molecular weight is 465 g/mol. The lowest BCUT2D eigenvalue weighted by molar-refractivity contribution is -0.133. The van der Waals surface area contributed by atoms with E-state index >= 15 is 0 Å². The maximum atomic E-state index is 13.1. The van der Waals surface area contributed by atoms with Gasteiger partial charge in [0.25, 0.3) is 11.8 Å². The van der Waals surface area contributed by atoms with Gasteiger partial charge in [0, 0.05) is 24.3 Å². The number of benzene rings is 2. The van der Waals surface area contributed by atoms with Crippen molar-refractivity contribution in [3.63, 3.8) is 0 Å². The Hall–Kier alpha value is -3.68. The van der Waals surface area contributed by atoms with E-state index in [-0.39, 0.29) is 5.91 Å². The summed E-state index contributed by atoms with van der Waals surface area (Å²) in [5.41, 5.74) is 1.55. The van der Waals surface area contributed by atoms with Crippen LogP contribution in [0, 0.1) is 0 Å². The SMILES string of the molecule is CCN(CC)C(=O)c1ccc(NC(=O)CN2C(=O)NC(C)(c3ccc(C(C)C)cc3)C2=O)cc1. The number of amides is 5. The summed E-state index contributed by atoms with van der Waals surface area (Å²) >= 11 is 0. The summed E-state index contributed by atoms with van der Waals surface area (Å²) in [5, 5.41) is 5.40. The number of nitrogens with zero attached hydrogens (tertiary/aromatic N) is 2. The Labute approximate surface area is 200 Å². The van der Waals surface area contributed by atoms with Crippen molar-refractivity contribution >= 4 is 29.4 Å². The Kier molecular flexibility index (Phi) is 7.39. The second-order valence-corrected chi connectivity index (χ2v) is 8.83. The highest BCUT2D eigenvalue weighted by atomic mass is 16.2. The Bertz CT molecular complexity index is 1070. The number of urea groups is 1. The molecule has 1 aliphatic heterocycles. The van der Waals surface area contributed by atoms with E-state index in [4.69, 9.17) is 0 Å². The van der Waals surface area contributed by atoms with Crippen LogP contribution in [0.3, 0.4) is 0 Å². The van der Waals surface area contributed by atoms with E-state index < -0.39 is 29.9 Å². The topological polar surface area (TPSA) is 98.8 Å². The molecule has 3 rings (SSSR count). The second-order valence-electron chi connectivity index (χ2n) is 8.83. The van der Waals surface area contributed by atoms with Gasteiger partial charge in [0.1, 0.15) is 12.1 Å². The molecule has 2 aromatic rings. The molecule has 1 aliphatic rings. The van der Waals surface area contributed by atoms with Crippen molar-refractivity contribution < 1.29 is 19.2 Å². The van der Waals surface area contributed by atoms with Crippen LogP contribution in [-0.2, 0) is 15.1 Å². The lowest BCUT2D eigenvalue weighted by Gasteiger charge is -2.22. The van der Waals surface area contributed by atoms with Crippen molar-refractivity contribution in [2.75, 3.05) is 25.0 Å².